The second-order valence-electron chi connectivity index (χ2n) is 9.05. The maximum Gasteiger partial charge on any atom is 0.297 e. The second-order valence-corrected chi connectivity index (χ2v) is 10.6. The van der Waals surface area contributed by atoms with Gasteiger partial charge in [-0.1, -0.05) is 134 Å². The highest BCUT2D eigenvalue weighted by Gasteiger charge is 2.16. The molecule has 0 unspecified atom stereocenters. The zero-order valence-electron chi connectivity index (χ0n) is 20.4. The van der Waals surface area contributed by atoms with E-state index in [4.69, 9.17) is 4.18 Å². The SMILES string of the molecule is CCCCCCCCCCCCCCCCCCCCOS(=O)(=O)c1ccccc1C. The largest absolute Gasteiger partial charge is 0.297 e. The van der Waals surface area contributed by atoms with E-state index in [-0.39, 0.29) is 11.5 Å². The van der Waals surface area contributed by atoms with Gasteiger partial charge in [-0.05, 0) is 25.0 Å². The molecule has 0 N–H and O–H groups in total. The van der Waals surface area contributed by atoms with Crippen LogP contribution < -0.4 is 0 Å². The minimum absolute atomic E-state index is 0.287. The molecule has 1 aromatic carbocycles. The summed E-state index contributed by atoms with van der Waals surface area (Å²) in [4.78, 5) is 0.289. The summed E-state index contributed by atoms with van der Waals surface area (Å²) in [5.41, 5.74) is 0.736. The van der Waals surface area contributed by atoms with Gasteiger partial charge >= 0.3 is 0 Å². The predicted octanol–water partition coefficient (Wildman–Crippen LogP) is 8.74. The molecule has 0 bridgehead atoms. The third-order valence-electron chi connectivity index (χ3n) is 6.10. The average molecular weight is 453 g/mol. The summed E-state index contributed by atoms with van der Waals surface area (Å²) in [5, 5.41) is 0. The fourth-order valence-corrected chi connectivity index (χ4v) is 5.24. The molecular formula is C27H48O3S. The Morgan fingerprint density at radius 1 is 0.613 bits per heavy atom. The first-order chi connectivity index (χ1) is 15.1. The first-order valence-electron chi connectivity index (χ1n) is 13.0. The fraction of sp³-hybridized carbons (Fsp3) is 0.778. The molecule has 0 amide bonds. The van der Waals surface area contributed by atoms with Gasteiger partial charge in [0, 0.05) is 0 Å². The molecule has 0 spiro atoms. The minimum atomic E-state index is -3.61. The lowest BCUT2D eigenvalue weighted by atomic mass is 10.0. The Morgan fingerprint density at radius 3 is 1.42 bits per heavy atom. The van der Waals surface area contributed by atoms with Crippen LogP contribution in [0.25, 0.3) is 0 Å². The number of benzene rings is 1. The topological polar surface area (TPSA) is 43.4 Å². The summed E-state index contributed by atoms with van der Waals surface area (Å²) in [6.07, 6.45) is 23.9. The van der Waals surface area contributed by atoms with E-state index < -0.39 is 10.1 Å². The van der Waals surface area contributed by atoms with Crippen LogP contribution in [0.3, 0.4) is 0 Å². The van der Waals surface area contributed by atoms with Gasteiger partial charge in [0.15, 0.2) is 0 Å². The molecule has 0 atom stereocenters. The summed E-state index contributed by atoms with van der Waals surface area (Å²) in [7, 11) is -3.61. The zero-order valence-corrected chi connectivity index (χ0v) is 21.2. The summed E-state index contributed by atoms with van der Waals surface area (Å²) < 4.78 is 29.6. The number of rotatable bonds is 21. The summed E-state index contributed by atoms with van der Waals surface area (Å²) in [6, 6.07) is 6.98. The minimum Gasteiger partial charge on any atom is -0.266 e. The summed E-state index contributed by atoms with van der Waals surface area (Å²) in [5.74, 6) is 0. The Hall–Kier alpha value is -0.870. The highest BCUT2D eigenvalue weighted by Crippen LogP contribution is 2.18. The molecule has 0 aromatic heterocycles. The molecule has 0 saturated heterocycles. The Morgan fingerprint density at radius 2 is 1.00 bits per heavy atom. The Labute approximate surface area is 193 Å². The molecule has 0 aliphatic heterocycles. The van der Waals surface area contributed by atoms with E-state index in [9.17, 15) is 8.42 Å². The van der Waals surface area contributed by atoms with Crippen molar-refractivity contribution in [3.8, 4) is 0 Å². The van der Waals surface area contributed by atoms with Gasteiger partial charge in [-0.25, -0.2) is 0 Å². The van der Waals surface area contributed by atoms with Crippen LogP contribution in [0.15, 0.2) is 29.2 Å². The molecule has 31 heavy (non-hydrogen) atoms. The average Bonchev–Trinajstić information content (AvgIpc) is 2.75. The number of unbranched alkanes of at least 4 members (excludes halogenated alkanes) is 17. The molecule has 0 aliphatic carbocycles. The molecule has 3 nitrogen and oxygen atoms in total. The van der Waals surface area contributed by atoms with Crippen molar-refractivity contribution in [2.75, 3.05) is 6.61 Å². The molecule has 0 radical (unpaired) electrons. The van der Waals surface area contributed by atoms with Crippen LogP contribution in [-0.4, -0.2) is 15.0 Å². The lowest BCUT2D eigenvalue weighted by Crippen LogP contribution is -2.09. The molecule has 180 valence electrons. The molecule has 1 rings (SSSR count). The van der Waals surface area contributed by atoms with Crippen molar-refractivity contribution in [1.29, 1.82) is 0 Å². The first-order valence-corrected chi connectivity index (χ1v) is 14.4. The standard InChI is InChI=1S/C27H48O3S/c1-3-4-5-6-7-8-9-10-11-12-13-14-15-16-17-18-19-22-25-30-31(28,29)27-24-21-20-23-26(27)2/h20-21,23-24H,3-19,22,25H2,1-2H3. The van der Waals surface area contributed by atoms with E-state index in [0.717, 1.165) is 18.4 Å². The van der Waals surface area contributed by atoms with Crippen molar-refractivity contribution in [2.24, 2.45) is 0 Å². The second kappa shape index (κ2) is 18.7. The van der Waals surface area contributed by atoms with Crippen LogP contribution in [0.4, 0.5) is 0 Å². The van der Waals surface area contributed by atoms with Crippen molar-refractivity contribution in [1.82, 2.24) is 0 Å². The highest BCUT2D eigenvalue weighted by atomic mass is 32.2. The van der Waals surface area contributed by atoms with Gasteiger partial charge in [-0.15, -0.1) is 0 Å². The van der Waals surface area contributed by atoms with Crippen molar-refractivity contribution in [3.63, 3.8) is 0 Å². The smallest absolute Gasteiger partial charge is 0.266 e. The van der Waals surface area contributed by atoms with Crippen molar-refractivity contribution < 1.29 is 12.6 Å². The monoisotopic (exact) mass is 452 g/mol. The number of hydrogen-bond acceptors (Lipinski definition) is 3. The van der Waals surface area contributed by atoms with Crippen LogP contribution in [0.5, 0.6) is 0 Å². The predicted molar refractivity (Wildman–Crippen MR) is 133 cm³/mol. The van der Waals surface area contributed by atoms with Gasteiger partial charge in [0.25, 0.3) is 10.1 Å². The molecule has 0 aliphatic rings. The lowest BCUT2D eigenvalue weighted by Gasteiger charge is -2.08. The maximum absolute atomic E-state index is 12.2. The van der Waals surface area contributed by atoms with Crippen LogP contribution >= 0.6 is 0 Å². The van der Waals surface area contributed by atoms with Crippen LogP contribution in [0.1, 0.15) is 128 Å². The van der Waals surface area contributed by atoms with E-state index in [2.05, 4.69) is 6.92 Å². The highest BCUT2D eigenvalue weighted by molar-refractivity contribution is 7.86. The molecule has 0 saturated carbocycles. The Balaban J connectivity index is 1.83. The van der Waals surface area contributed by atoms with Gasteiger partial charge in [0.05, 0.1) is 11.5 Å². The van der Waals surface area contributed by atoms with Gasteiger partial charge in [-0.2, -0.15) is 8.42 Å². The van der Waals surface area contributed by atoms with E-state index in [1.807, 2.05) is 6.07 Å². The quantitative estimate of drug-likeness (QED) is 0.138. The Kier molecular flexibility index (Phi) is 17.0. The normalized spacial score (nSPS) is 11.8. The van der Waals surface area contributed by atoms with E-state index in [1.54, 1.807) is 25.1 Å². The molecule has 4 heteroatoms. The van der Waals surface area contributed by atoms with Gasteiger partial charge in [0.1, 0.15) is 0 Å². The third-order valence-corrected chi connectivity index (χ3v) is 7.57. The summed E-state index contributed by atoms with van der Waals surface area (Å²) >= 11 is 0. The van der Waals surface area contributed by atoms with Gasteiger partial charge in [0.2, 0.25) is 0 Å². The van der Waals surface area contributed by atoms with E-state index in [1.165, 1.54) is 103 Å². The molecule has 0 heterocycles. The zero-order chi connectivity index (χ0) is 22.6. The van der Waals surface area contributed by atoms with Crippen LogP contribution in [0.2, 0.25) is 0 Å². The van der Waals surface area contributed by atoms with Crippen molar-refractivity contribution in [3.05, 3.63) is 29.8 Å². The fourth-order valence-electron chi connectivity index (χ4n) is 4.07. The molecule has 0 fully saturated rings. The van der Waals surface area contributed by atoms with Gasteiger partial charge < -0.3 is 0 Å². The Bertz CT molecular complexity index is 640. The van der Waals surface area contributed by atoms with Crippen molar-refractivity contribution in [2.45, 2.75) is 134 Å². The van der Waals surface area contributed by atoms with Crippen molar-refractivity contribution >= 4 is 10.1 Å². The first kappa shape index (κ1) is 28.2. The lowest BCUT2D eigenvalue weighted by molar-refractivity contribution is 0.306. The molecule has 1 aromatic rings. The molecular weight excluding hydrogens is 404 g/mol. The van der Waals surface area contributed by atoms with E-state index >= 15 is 0 Å². The number of hydrogen-bond donors (Lipinski definition) is 0. The van der Waals surface area contributed by atoms with E-state index in [0.29, 0.717) is 0 Å². The summed E-state index contributed by atoms with van der Waals surface area (Å²) in [6.45, 7) is 4.36. The van der Waals surface area contributed by atoms with Gasteiger partial charge in [-0.3, -0.25) is 4.18 Å². The number of aryl methyl sites for hydroxylation is 1. The third kappa shape index (κ3) is 14.7. The van der Waals surface area contributed by atoms with Crippen LogP contribution in [-0.2, 0) is 14.3 Å². The maximum atomic E-state index is 12.2. The van der Waals surface area contributed by atoms with Crippen LogP contribution in [0, 0.1) is 6.92 Å².